The largest absolute Gasteiger partial charge is 0.387 e. The van der Waals surface area contributed by atoms with E-state index in [1.165, 1.54) is 5.56 Å². The Labute approximate surface area is 123 Å². The molecule has 0 spiro atoms. The molecule has 0 amide bonds. The Morgan fingerprint density at radius 1 is 1.20 bits per heavy atom. The number of aliphatic hydroxyl groups is 1. The van der Waals surface area contributed by atoms with Crippen molar-refractivity contribution in [2.45, 2.75) is 39.2 Å². The van der Waals surface area contributed by atoms with E-state index in [-0.39, 0.29) is 5.41 Å². The summed E-state index contributed by atoms with van der Waals surface area (Å²) in [6, 6.07) is 8.30. The van der Waals surface area contributed by atoms with Gasteiger partial charge in [-0.1, -0.05) is 52.0 Å². The SMILES string of the molecule is CCN(CCOC)CC(O)c1ccc(C(C)(C)C)cc1. The molecule has 20 heavy (non-hydrogen) atoms. The first-order valence-electron chi connectivity index (χ1n) is 7.38. The molecule has 1 aromatic carbocycles. The molecule has 3 heteroatoms. The van der Waals surface area contributed by atoms with Crippen molar-refractivity contribution in [3.63, 3.8) is 0 Å². The van der Waals surface area contributed by atoms with Crippen molar-refractivity contribution in [3.05, 3.63) is 35.4 Å². The van der Waals surface area contributed by atoms with Gasteiger partial charge in [0.25, 0.3) is 0 Å². The first kappa shape index (κ1) is 17.2. The lowest BCUT2D eigenvalue weighted by atomic mass is 9.86. The van der Waals surface area contributed by atoms with Crippen LogP contribution in [0, 0.1) is 0 Å². The molecule has 1 atom stereocenters. The van der Waals surface area contributed by atoms with Crippen molar-refractivity contribution >= 4 is 0 Å². The smallest absolute Gasteiger partial charge is 0.0916 e. The fourth-order valence-electron chi connectivity index (χ4n) is 2.15. The molecule has 0 aliphatic carbocycles. The van der Waals surface area contributed by atoms with Crippen molar-refractivity contribution in [1.82, 2.24) is 4.90 Å². The summed E-state index contributed by atoms with van der Waals surface area (Å²) >= 11 is 0. The molecule has 1 N–H and O–H groups in total. The predicted octanol–water partition coefficient (Wildman–Crippen LogP) is 2.99. The van der Waals surface area contributed by atoms with E-state index >= 15 is 0 Å². The number of ether oxygens (including phenoxy) is 1. The summed E-state index contributed by atoms with van der Waals surface area (Å²) in [7, 11) is 1.70. The van der Waals surface area contributed by atoms with Gasteiger partial charge in [0.2, 0.25) is 0 Å². The maximum Gasteiger partial charge on any atom is 0.0916 e. The molecule has 0 aliphatic heterocycles. The number of methoxy groups -OCH3 is 1. The van der Waals surface area contributed by atoms with E-state index < -0.39 is 6.10 Å². The van der Waals surface area contributed by atoms with Crippen molar-refractivity contribution in [3.8, 4) is 0 Å². The molecule has 0 heterocycles. The molecular formula is C17H29NO2. The molecule has 0 saturated carbocycles. The summed E-state index contributed by atoms with van der Waals surface area (Å²) in [5.41, 5.74) is 2.42. The van der Waals surface area contributed by atoms with Gasteiger partial charge in [0, 0.05) is 20.2 Å². The van der Waals surface area contributed by atoms with Crippen LogP contribution in [0.4, 0.5) is 0 Å². The highest BCUT2D eigenvalue weighted by molar-refractivity contribution is 5.28. The topological polar surface area (TPSA) is 32.7 Å². The molecule has 0 bridgehead atoms. The van der Waals surface area contributed by atoms with Crippen molar-refractivity contribution in [2.75, 3.05) is 33.4 Å². The zero-order valence-corrected chi connectivity index (χ0v) is 13.5. The fraction of sp³-hybridized carbons (Fsp3) is 0.647. The molecular weight excluding hydrogens is 250 g/mol. The fourth-order valence-corrected chi connectivity index (χ4v) is 2.15. The first-order chi connectivity index (χ1) is 9.38. The Morgan fingerprint density at radius 3 is 2.25 bits per heavy atom. The minimum atomic E-state index is -0.444. The molecule has 0 aromatic heterocycles. The third-order valence-electron chi connectivity index (χ3n) is 3.65. The second kappa shape index (κ2) is 7.77. The highest BCUT2D eigenvalue weighted by Gasteiger charge is 2.16. The summed E-state index contributed by atoms with van der Waals surface area (Å²) in [4.78, 5) is 2.20. The van der Waals surface area contributed by atoms with Crippen LogP contribution in [0.15, 0.2) is 24.3 Å². The number of hydrogen-bond donors (Lipinski definition) is 1. The zero-order chi connectivity index (χ0) is 15.2. The summed E-state index contributed by atoms with van der Waals surface area (Å²) in [6.45, 7) is 11.8. The maximum atomic E-state index is 10.3. The number of hydrogen-bond acceptors (Lipinski definition) is 3. The standard InChI is InChI=1S/C17H29NO2/c1-6-18(11-12-20-5)13-16(19)14-7-9-15(10-8-14)17(2,3)4/h7-10,16,19H,6,11-13H2,1-5H3. The Balaban J connectivity index is 2.65. The summed E-state index contributed by atoms with van der Waals surface area (Å²) in [6.07, 6.45) is -0.444. The van der Waals surface area contributed by atoms with E-state index in [2.05, 4.69) is 44.7 Å². The van der Waals surface area contributed by atoms with Gasteiger partial charge >= 0.3 is 0 Å². The minimum absolute atomic E-state index is 0.150. The molecule has 0 saturated heterocycles. The number of benzene rings is 1. The van der Waals surface area contributed by atoms with Gasteiger partial charge in [-0.3, -0.25) is 4.90 Å². The number of nitrogens with zero attached hydrogens (tertiary/aromatic N) is 1. The van der Waals surface area contributed by atoms with Crippen LogP contribution < -0.4 is 0 Å². The molecule has 3 nitrogen and oxygen atoms in total. The molecule has 114 valence electrons. The van der Waals surface area contributed by atoms with Crippen LogP contribution in [0.5, 0.6) is 0 Å². The Hall–Kier alpha value is -0.900. The third kappa shape index (κ3) is 5.23. The van der Waals surface area contributed by atoms with Crippen LogP contribution in [0.2, 0.25) is 0 Å². The van der Waals surface area contributed by atoms with Gasteiger partial charge in [0.1, 0.15) is 0 Å². The van der Waals surface area contributed by atoms with E-state index in [1.54, 1.807) is 7.11 Å². The summed E-state index contributed by atoms with van der Waals surface area (Å²) in [5.74, 6) is 0. The van der Waals surface area contributed by atoms with Gasteiger partial charge < -0.3 is 9.84 Å². The van der Waals surface area contributed by atoms with Gasteiger partial charge in [-0.05, 0) is 23.1 Å². The first-order valence-corrected chi connectivity index (χ1v) is 7.38. The van der Waals surface area contributed by atoms with Gasteiger partial charge in [-0.2, -0.15) is 0 Å². The Morgan fingerprint density at radius 2 is 1.80 bits per heavy atom. The third-order valence-corrected chi connectivity index (χ3v) is 3.65. The monoisotopic (exact) mass is 279 g/mol. The minimum Gasteiger partial charge on any atom is -0.387 e. The second-order valence-electron chi connectivity index (χ2n) is 6.27. The van der Waals surface area contributed by atoms with Crippen molar-refractivity contribution in [1.29, 1.82) is 0 Å². The molecule has 0 fully saturated rings. The van der Waals surface area contributed by atoms with E-state index in [0.717, 1.165) is 18.7 Å². The van der Waals surface area contributed by atoms with Crippen LogP contribution in [-0.4, -0.2) is 43.4 Å². The van der Waals surface area contributed by atoms with Crippen LogP contribution in [0.25, 0.3) is 0 Å². The Kier molecular flexibility index (Phi) is 6.66. The van der Waals surface area contributed by atoms with Gasteiger partial charge in [0.05, 0.1) is 12.7 Å². The van der Waals surface area contributed by atoms with E-state index in [9.17, 15) is 5.11 Å². The molecule has 0 aliphatic rings. The quantitative estimate of drug-likeness (QED) is 0.833. The number of aliphatic hydroxyl groups excluding tert-OH is 1. The lowest BCUT2D eigenvalue weighted by Gasteiger charge is -2.24. The lowest BCUT2D eigenvalue weighted by molar-refractivity contribution is 0.0920. The van der Waals surface area contributed by atoms with E-state index in [0.29, 0.717) is 13.2 Å². The van der Waals surface area contributed by atoms with Gasteiger partial charge in [0.15, 0.2) is 0 Å². The zero-order valence-electron chi connectivity index (χ0n) is 13.5. The molecule has 0 radical (unpaired) electrons. The molecule has 1 unspecified atom stereocenters. The molecule has 1 rings (SSSR count). The van der Waals surface area contributed by atoms with E-state index in [4.69, 9.17) is 4.74 Å². The summed E-state index contributed by atoms with van der Waals surface area (Å²) in [5, 5.41) is 10.3. The van der Waals surface area contributed by atoms with Crippen molar-refractivity contribution < 1.29 is 9.84 Å². The second-order valence-corrected chi connectivity index (χ2v) is 6.27. The van der Waals surface area contributed by atoms with Crippen molar-refractivity contribution in [2.24, 2.45) is 0 Å². The number of likely N-dealkylation sites (N-methyl/N-ethyl adjacent to an activating group) is 1. The van der Waals surface area contributed by atoms with Crippen LogP contribution >= 0.6 is 0 Å². The van der Waals surface area contributed by atoms with Crippen LogP contribution in [0.1, 0.15) is 44.9 Å². The predicted molar refractivity (Wildman–Crippen MR) is 84.1 cm³/mol. The van der Waals surface area contributed by atoms with Crippen LogP contribution in [0.3, 0.4) is 0 Å². The average molecular weight is 279 g/mol. The average Bonchev–Trinajstić information content (AvgIpc) is 2.42. The van der Waals surface area contributed by atoms with Gasteiger partial charge in [-0.15, -0.1) is 0 Å². The Bertz CT molecular complexity index is 381. The van der Waals surface area contributed by atoms with E-state index in [1.807, 2.05) is 12.1 Å². The highest BCUT2D eigenvalue weighted by atomic mass is 16.5. The summed E-state index contributed by atoms with van der Waals surface area (Å²) < 4.78 is 5.09. The number of rotatable bonds is 7. The highest BCUT2D eigenvalue weighted by Crippen LogP contribution is 2.24. The van der Waals surface area contributed by atoms with Gasteiger partial charge in [-0.25, -0.2) is 0 Å². The normalized spacial score (nSPS) is 13.8. The van der Waals surface area contributed by atoms with Crippen LogP contribution in [-0.2, 0) is 10.2 Å². The maximum absolute atomic E-state index is 10.3. The molecule has 1 aromatic rings. The lowest BCUT2D eigenvalue weighted by Crippen LogP contribution is -2.31.